The van der Waals surface area contributed by atoms with E-state index in [4.69, 9.17) is 23.2 Å². The zero-order valence-electron chi connectivity index (χ0n) is 21.8. The van der Waals surface area contributed by atoms with Gasteiger partial charge in [-0.15, -0.1) is 0 Å². The van der Waals surface area contributed by atoms with Crippen molar-refractivity contribution >= 4 is 66.7 Å². The highest BCUT2D eigenvalue weighted by Crippen LogP contribution is 2.27. The molecule has 0 bridgehead atoms. The van der Waals surface area contributed by atoms with Crippen molar-refractivity contribution in [3.05, 3.63) is 92.9 Å². The first-order valence-electron chi connectivity index (χ1n) is 12.3. The van der Waals surface area contributed by atoms with Crippen LogP contribution in [0.3, 0.4) is 0 Å². The lowest BCUT2D eigenvalue weighted by molar-refractivity contribution is -0.139. The predicted octanol–water partition coefficient (Wildman–Crippen LogP) is 6.28. The lowest BCUT2D eigenvalue weighted by atomic mass is 10.1. The van der Waals surface area contributed by atoms with Crippen molar-refractivity contribution in [1.29, 1.82) is 0 Å². The van der Waals surface area contributed by atoms with Crippen molar-refractivity contribution in [3.63, 3.8) is 0 Å². The van der Waals surface area contributed by atoms with Gasteiger partial charge in [-0.3, -0.25) is 13.9 Å². The van der Waals surface area contributed by atoms with Crippen LogP contribution in [-0.4, -0.2) is 43.8 Å². The Hall–Kier alpha value is -2.59. The summed E-state index contributed by atoms with van der Waals surface area (Å²) in [5.41, 5.74) is 0.948. The van der Waals surface area contributed by atoms with Crippen LogP contribution in [0, 0.1) is 0 Å². The minimum Gasteiger partial charge on any atom is -0.352 e. The van der Waals surface area contributed by atoms with Crippen LogP contribution in [0.2, 0.25) is 10.0 Å². The maximum Gasteiger partial charge on any atom is 0.264 e. The summed E-state index contributed by atoms with van der Waals surface area (Å²) in [6.07, 6.45) is 0.714. The maximum absolute atomic E-state index is 13.9. The predicted molar refractivity (Wildman–Crippen MR) is 159 cm³/mol. The Labute approximate surface area is 248 Å². The fraction of sp³-hybridized carbons (Fsp3) is 0.286. The number of sulfonamides is 1. The molecule has 0 aromatic heterocycles. The molecule has 0 aliphatic heterocycles. The average Bonchev–Trinajstić information content (AvgIpc) is 2.92. The molecule has 11 heteroatoms. The van der Waals surface area contributed by atoms with E-state index in [2.05, 4.69) is 21.2 Å². The number of rotatable bonds is 11. The molecule has 7 nitrogen and oxygen atoms in total. The lowest BCUT2D eigenvalue weighted by Gasteiger charge is -2.32. The molecule has 3 rings (SSSR count). The van der Waals surface area contributed by atoms with Gasteiger partial charge in [0.15, 0.2) is 0 Å². The van der Waals surface area contributed by atoms with Crippen LogP contribution < -0.4 is 9.62 Å². The van der Waals surface area contributed by atoms with E-state index in [1.54, 1.807) is 67.6 Å². The number of nitrogens with one attached hydrogen (secondary N) is 1. The molecule has 0 radical (unpaired) electrons. The zero-order chi connectivity index (χ0) is 28.7. The van der Waals surface area contributed by atoms with Crippen LogP contribution in [-0.2, 0) is 26.2 Å². The van der Waals surface area contributed by atoms with Gasteiger partial charge in [0.05, 0.1) is 20.6 Å². The van der Waals surface area contributed by atoms with Gasteiger partial charge in [0.2, 0.25) is 11.8 Å². The van der Waals surface area contributed by atoms with Crippen molar-refractivity contribution in [3.8, 4) is 0 Å². The van der Waals surface area contributed by atoms with E-state index in [9.17, 15) is 18.0 Å². The maximum atomic E-state index is 13.9. The van der Waals surface area contributed by atoms with E-state index in [1.807, 2.05) is 13.8 Å². The minimum absolute atomic E-state index is 0.0182. The van der Waals surface area contributed by atoms with Crippen molar-refractivity contribution in [1.82, 2.24) is 10.2 Å². The van der Waals surface area contributed by atoms with Gasteiger partial charge in [-0.05, 0) is 74.4 Å². The highest BCUT2D eigenvalue weighted by Gasteiger charge is 2.32. The standard InChI is InChI=1S/C28H30BrCl2N3O4S/c1-4-19(2)32-28(36)20(3)33(17-21-10-15-25(30)26(31)16-21)27(35)18-34(23-13-11-22(29)12-14-23)39(37,38)24-8-6-5-7-9-24/h5-16,19-20H,4,17-18H2,1-3H3,(H,32,36)/t19-,20-/m1/s1. The largest absolute Gasteiger partial charge is 0.352 e. The molecule has 3 aromatic carbocycles. The number of carbonyl (C=O) groups is 2. The first kappa shape index (κ1) is 30.9. The van der Waals surface area contributed by atoms with Crippen molar-refractivity contribution in [2.75, 3.05) is 10.8 Å². The Morgan fingerprint density at radius 2 is 1.59 bits per heavy atom. The van der Waals surface area contributed by atoms with Crippen LogP contribution >= 0.6 is 39.1 Å². The summed E-state index contributed by atoms with van der Waals surface area (Å²) < 4.78 is 29.3. The summed E-state index contributed by atoms with van der Waals surface area (Å²) >= 11 is 15.6. The molecule has 1 N–H and O–H groups in total. The van der Waals surface area contributed by atoms with Crippen LogP contribution in [0.5, 0.6) is 0 Å². The molecule has 0 saturated carbocycles. The Morgan fingerprint density at radius 3 is 2.18 bits per heavy atom. The number of hydrogen-bond donors (Lipinski definition) is 1. The zero-order valence-corrected chi connectivity index (χ0v) is 25.7. The SMILES string of the molecule is CC[C@@H](C)NC(=O)[C@@H](C)N(Cc1ccc(Cl)c(Cl)c1)C(=O)CN(c1ccc(Br)cc1)S(=O)(=O)c1ccccc1. The second-order valence-corrected chi connectivity index (χ2v) is 12.7. The fourth-order valence-corrected chi connectivity index (χ4v) is 5.76. The molecule has 0 unspecified atom stereocenters. The third-order valence-corrected chi connectivity index (χ3v) is 9.29. The monoisotopic (exact) mass is 653 g/mol. The van der Waals surface area contributed by atoms with Gasteiger partial charge in [-0.1, -0.05) is 70.3 Å². The van der Waals surface area contributed by atoms with Crippen LogP contribution in [0.1, 0.15) is 32.8 Å². The Kier molecular flexibility index (Phi) is 10.8. The van der Waals surface area contributed by atoms with E-state index < -0.39 is 28.5 Å². The highest BCUT2D eigenvalue weighted by molar-refractivity contribution is 9.10. The molecule has 0 heterocycles. The second kappa shape index (κ2) is 13.7. The summed E-state index contributed by atoms with van der Waals surface area (Å²) in [4.78, 5) is 28.4. The molecule has 2 amide bonds. The number of anilines is 1. The molecule has 39 heavy (non-hydrogen) atoms. The Balaban J connectivity index is 2.02. The summed E-state index contributed by atoms with van der Waals surface area (Å²) in [5, 5.41) is 3.57. The molecule has 2 atom stereocenters. The van der Waals surface area contributed by atoms with Gasteiger partial charge in [-0.2, -0.15) is 0 Å². The van der Waals surface area contributed by atoms with Crippen molar-refractivity contribution in [2.24, 2.45) is 0 Å². The lowest BCUT2D eigenvalue weighted by Crippen LogP contribution is -2.52. The van der Waals surface area contributed by atoms with Gasteiger partial charge in [0.1, 0.15) is 12.6 Å². The second-order valence-electron chi connectivity index (χ2n) is 9.07. The molecular formula is C28H30BrCl2N3O4S. The molecule has 0 fully saturated rings. The number of benzene rings is 3. The summed E-state index contributed by atoms with van der Waals surface area (Å²) in [5.74, 6) is -0.908. The van der Waals surface area contributed by atoms with Crippen LogP contribution in [0.4, 0.5) is 5.69 Å². The van der Waals surface area contributed by atoms with Crippen molar-refractivity contribution in [2.45, 2.75) is 50.7 Å². The van der Waals surface area contributed by atoms with E-state index in [0.29, 0.717) is 27.7 Å². The van der Waals surface area contributed by atoms with E-state index in [-0.39, 0.29) is 23.4 Å². The molecule has 0 spiro atoms. The van der Waals surface area contributed by atoms with Gasteiger partial charge in [0, 0.05) is 17.1 Å². The van der Waals surface area contributed by atoms with Gasteiger partial charge in [0.25, 0.3) is 10.0 Å². The van der Waals surface area contributed by atoms with Gasteiger partial charge in [-0.25, -0.2) is 8.42 Å². The number of amides is 2. The quantitative estimate of drug-likeness (QED) is 0.264. The van der Waals surface area contributed by atoms with Crippen molar-refractivity contribution < 1.29 is 18.0 Å². The molecule has 0 saturated heterocycles. The van der Waals surface area contributed by atoms with Crippen LogP contribution in [0.25, 0.3) is 0 Å². The Bertz CT molecular complexity index is 1410. The van der Waals surface area contributed by atoms with E-state index in [1.165, 1.54) is 17.0 Å². The normalized spacial score (nSPS) is 12.9. The van der Waals surface area contributed by atoms with Gasteiger partial charge < -0.3 is 10.2 Å². The number of carbonyl (C=O) groups excluding carboxylic acids is 2. The number of halogens is 3. The van der Waals surface area contributed by atoms with E-state index in [0.717, 1.165) is 8.78 Å². The Morgan fingerprint density at radius 1 is 0.949 bits per heavy atom. The smallest absolute Gasteiger partial charge is 0.264 e. The highest BCUT2D eigenvalue weighted by atomic mass is 79.9. The summed E-state index contributed by atoms with van der Waals surface area (Å²) in [6.45, 7) is 4.92. The first-order chi connectivity index (χ1) is 18.4. The van der Waals surface area contributed by atoms with Crippen LogP contribution in [0.15, 0.2) is 82.2 Å². The molecule has 208 valence electrons. The summed E-state index contributed by atoms with van der Waals surface area (Å²) in [7, 11) is -4.12. The average molecular weight is 655 g/mol. The third kappa shape index (κ3) is 7.97. The number of hydrogen-bond acceptors (Lipinski definition) is 4. The summed E-state index contributed by atoms with van der Waals surface area (Å²) in [6, 6.07) is 18.5. The molecule has 0 aliphatic carbocycles. The molecular weight excluding hydrogens is 625 g/mol. The van der Waals surface area contributed by atoms with E-state index >= 15 is 0 Å². The molecule has 0 aliphatic rings. The molecule has 3 aromatic rings. The first-order valence-corrected chi connectivity index (χ1v) is 15.3. The third-order valence-electron chi connectivity index (χ3n) is 6.23. The fourth-order valence-electron chi connectivity index (χ4n) is 3.74. The minimum atomic E-state index is -4.12. The topological polar surface area (TPSA) is 86.8 Å². The van der Waals surface area contributed by atoms with Gasteiger partial charge >= 0.3 is 0 Å². The number of nitrogens with zero attached hydrogens (tertiary/aromatic N) is 2.